The molecule has 1 aromatic heterocycles. The number of fused-ring (bicyclic) bond motifs is 2. The second-order valence-electron chi connectivity index (χ2n) is 7.52. The number of likely N-dealkylation sites (tertiary alicyclic amines) is 1. The van der Waals surface area contributed by atoms with Gasteiger partial charge in [0.1, 0.15) is 19.7 Å². The number of imide groups is 1. The van der Waals surface area contributed by atoms with Gasteiger partial charge in [-0.05, 0) is 25.0 Å². The van der Waals surface area contributed by atoms with Crippen molar-refractivity contribution in [3.8, 4) is 6.07 Å². The van der Waals surface area contributed by atoms with Crippen molar-refractivity contribution in [3.05, 3.63) is 40.4 Å². The van der Waals surface area contributed by atoms with Crippen molar-refractivity contribution in [1.82, 2.24) is 14.5 Å². The molecule has 2 amide bonds. The number of hydrogen-bond acceptors (Lipinski definition) is 7. The van der Waals surface area contributed by atoms with Crippen LogP contribution in [0.4, 0.5) is 0 Å². The van der Waals surface area contributed by atoms with Crippen molar-refractivity contribution in [2.24, 2.45) is 11.8 Å². The Balaban J connectivity index is 1.49. The number of carbonyl (C=O) groups is 3. The Labute approximate surface area is 171 Å². The number of hydrogen-bond donors (Lipinski definition) is 0. The van der Waals surface area contributed by atoms with Crippen LogP contribution < -0.4 is 5.56 Å². The van der Waals surface area contributed by atoms with Gasteiger partial charge in [-0.1, -0.05) is 25.0 Å². The first kappa shape index (κ1) is 19.8. The molecule has 0 unspecified atom stereocenters. The fourth-order valence-electron chi connectivity index (χ4n) is 4.26. The van der Waals surface area contributed by atoms with Gasteiger partial charge in [-0.25, -0.2) is 4.98 Å². The maximum Gasteiger partial charge on any atom is 0.326 e. The Hall–Kier alpha value is -3.54. The molecule has 2 atom stereocenters. The van der Waals surface area contributed by atoms with Gasteiger partial charge in [-0.2, -0.15) is 5.26 Å². The predicted molar refractivity (Wildman–Crippen MR) is 104 cm³/mol. The predicted octanol–water partition coefficient (Wildman–Crippen LogP) is 1.14. The highest BCUT2D eigenvalue weighted by Gasteiger charge is 2.48. The van der Waals surface area contributed by atoms with Crippen LogP contribution in [0.25, 0.3) is 10.9 Å². The van der Waals surface area contributed by atoms with Crippen LogP contribution in [-0.4, -0.2) is 38.8 Å². The van der Waals surface area contributed by atoms with E-state index in [1.54, 1.807) is 24.3 Å². The first-order valence-corrected chi connectivity index (χ1v) is 9.87. The van der Waals surface area contributed by atoms with Gasteiger partial charge in [-0.15, -0.1) is 0 Å². The van der Waals surface area contributed by atoms with E-state index in [1.165, 1.54) is 0 Å². The molecule has 0 N–H and O–H groups in total. The molecule has 1 saturated heterocycles. The third-order valence-electron chi connectivity index (χ3n) is 5.75. The summed E-state index contributed by atoms with van der Waals surface area (Å²) in [5.41, 5.74) is 0.0267. The molecule has 2 aromatic rings. The van der Waals surface area contributed by atoms with Gasteiger partial charge in [0.05, 0.1) is 28.8 Å². The Morgan fingerprint density at radius 2 is 1.80 bits per heavy atom. The number of rotatable bonds is 5. The van der Waals surface area contributed by atoms with Crippen molar-refractivity contribution in [1.29, 1.82) is 5.26 Å². The van der Waals surface area contributed by atoms with Crippen molar-refractivity contribution in [2.45, 2.75) is 38.8 Å². The van der Waals surface area contributed by atoms with Gasteiger partial charge in [0.25, 0.3) is 5.56 Å². The summed E-state index contributed by atoms with van der Waals surface area (Å²) in [5.74, 6) is -1.93. The summed E-state index contributed by atoms with van der Waals surface area (Å²) in [7, 11) is 0. The van der Waals surface area contributed by atoms with E-state index in [0.717, 1.165) is 22.3 Å². The molecule has 1 aliphatic heterocycles. The molecule has 2 heterocycles. The average Bonchev–Trinajstić information content (AvgIpc) is 3.00. The molecule has 1 aromatic carbocycles. The van der Waals surface area contributed by atoms with E-state index in [2.05, 4.69) is 4.98 Å². The summed E-state index contributed by atoms with van der Waals surface area (Å²) in [5, 5.41) is 9.40. The molecule has 154 valence electrons. The number of benzene rings is 1. The van der Waals surface area contributed by atoms with Crippen LogP contribution in [0.15, 0.2) is 29.1 Å². The smallest absolute Gasteiger partial charge is 0.326 e. The fourth-order valence-corrected chi connectivity index (χ4v) is 4.26. The van der Waals surface area contributed by atoms with Crippen LogP contribution in [-0.2, 0) is 32.3 Å². The Morgan fingerprint density at radius 1 is 1.13 bits per heavy atom. The molecular formula is C21H20N4O5. The van der Waals surface area contributed by atoms with E-state index in [1.807, 2.05) is 6.07 Å². The topological polar surface area (TPSA) is 122 Å². The Kier molecular flexibility index (Phi) is 5.31. The summed E-state index contributed by atoms with van der Waals surface area (Å²) in [4.78, 5) is 55.3. The molecule has 1 aliphatic carbocycles. The molecule has 0 spiro atoms. The van der Waals surface area contributed by atoms with Crippen molar-refractivity contribution >= 4 is 28.7 Å². The third kappa shape index (κ3) is 3.45. The summed E-state index contributed by atoms with van der Waals surface area (Å²) < 4.78 is 6.36. The molecular weight excluding hydrogens is 388 g/mol. The Morgan fingerprint density at radius 3 is 2.47 bits per heavy atom. The second kappa shape index (κ2) is 8.06. The molecule has 2 aliphatic rings. The summed E-state index contributed by atoms with van der Waals surface area (Å²) >= 11 is 0. The minimum Gasteiger partial charge on any atom is -0.456 e. The lowest BCUT2D eigenvalue weighted by Crippen LogP contribution is -2.37. The van der Waals surface area contributed by atoms with E-state index < -0.39 is 18.1 Å². The summed E-state index contributed by atoms with van der Waals surface area (Å²) in [6.07, 6.45) is 3.15. The molecule has 9 heteroatoms. The Bertz CT molecular complexity index is 1110. The van der Waals surface area contributed by atoms with Crippen molar-refractivity contribution in [3.63, 3.8) is 0 Å². The molecule has 4 rings (SSSR count). The van der Waals surface area contributed by atoms with Crippen LogP contribution in [0.3, 0.4) is 0 Å². The van der Waals surface area contributed by atoms with E-state index in [-0.39, 0.29) is 42.6 Å². The number of ether oxygens (including phenoxy) is 1. The van der Waals surface area contributed by atoms with Gasteiger partial charge in [-0.3, -0.25) is 28.6 Å². The standard InChI is InChI=1S/C21H20N4O5/c22-9-10-24-17(23-16-8-4-3-7-15(16)21(24)29)12-30-18(26)11-25-19(27)13-5-1-2-6-14(13)20(25)28/h3-4,7-8,13-14H,1-2,5-6,10-12H2/t13-,14+. The minimum atomic E-state index is -0.763. The highest BCUT2D eigenvalue weighted by molar-refractivity contribution is 6.07. The number of nitrogens with zero attached hydrogens (tertiary/aromatic N) is 4. The molecule has 30 heavy (non-hydrogen) atoms. The largest absolute Gasteiger partial charge is 0.456 e. The fraction of sp³-hybridized carbons (Fsp3) is 0.429. The van der Waals surface area contributed by atoms with Gasteiger partial charge in [0.15, 0.2) is 5.82 Å². The second-order valence-corrected chi connectivity index (χ2v) is 7.52. The summed E-state index contributed by atoms with van der Waals surface area (Å²) in [6.45, 7) is -1.04. The van der Waals surface area contributed by atoms with Gasteiger partial charge >= 0.3 is 5.97 Å². The van der Waals surface area contributed by atoms with Crippen LogP contribution in [0, 0.1) is 23.2 Å². The number of esters is 1. The van der Waals surface area contributed by atoms with Crippen molar-refractivity contribution in [2.75, 3.05) is 6.54 Å². The first-order chi connectivity index (χ1) is 14.5. The number of amides is 2. The van der Waals surface area contributed by atoms with Crippen LogP contribution >= 0.6 is 0 Å². The zero-order valence-electron chi connectivity index (χ0n) is 16.2. The van der Waals surface area contributed by atoms with E-state index in [0.29, 0.717) is 23.7 Å². The lowest BCUT2D eigenvalue weighted by atomic mass is 9.81. The lowest BCUT2D eigenvalue weighted by Gasteiger charge is -2.19. The number of carbonyl (C=O) groups excluding carboxylic acids is 3. The molecule has 0 radical (unpaired) electrons. The van der Waals surface area contributed by atoms with E-state index >= 15 is 0 Å². The van der Waals surface area contributed by atoms with E-state index in [4.69, 9.17) is 10.00 Å². The maximum atomic E-state index is 12.6. The molecule has 1 saturated carbocycles. The zero-order chi connectivity index (χ0) is 21.3. The summed E-state index contributed by atoms with van der Waals surface area (Å²) in [6, 6.07) is 8.59. The average molecular weight is 408 g/mol. The monoisotopic (exact) mass is 408 g/mol. The van der Waals surface area contributed by atoms with Crippen LogP contribution in [0.1, 0.15) is 31.5 Å². The number of nitriles is 1. The zero-order valence-corrected chi connectivity index (χ0v) is 16.2. The SMILES string of the molecule is N#CCn1c(COC(=O)CN2C(=O)[C@H]3CCCC[C@H]3C2=O)nc2ccccc2c1=O. The molecule has 2 fully saturated rings. The van der Waals surface area contributed by atoms with Gasteiger partial charge < -0.3 is 4.74 Å². The highest BCUT2D eigenvalue weighted by Crippen LogP contribution is 2.37. The lowest BCUT2D eigenvalue weighted by molar-refractivity contribution is -0.154. The highest BCUT2D eigenvalue weighted by atomic mass is 16.5. The first-order valence-electron chi connectivity index (χ1n) is 9.87. The third-order valence-corrected chi connectivity index (χ3v) is 5.75. The quantitative estimate of drug-likeness (QED) is 0.537. The van der Waals surface area contributed by atoms with Crippen LogP contribution in [0.2, 0.25) is 0 Å². The molecule has 0 bridgehead atoms. The maximum absolute atomic E-state index is 12.6. The van der Waals surface area contributed by atoms with Gasteiger partial charge in [0, 0.05) is 0 Å². The normalized spacial score (nSPS) is 20.8. The van der Waals surface area contributed by atoms with Crippen LogP contribution in [0.5, 0.6) is 0 Å². The minimum absolute atomic E-state index is 0.126. The van der Waals surface area contributed by atoms with Crippen molar-refractivity contribution < 1.29 is 19.1 Å². The van der Waals surface area contributed by atoms with E-state index in [9.17, 15) is 19.2 Å². The number of aromatic nitrogens is 2. The molecule has 9 nitrogen and oxygen atoms in total. The number of para-hydroxylation sites is 1. The van der Waals surface area contributed by atoms with Gasteiger partial charge in [0.2, 0.25) is 11.8 Å².